The fourth-order valence-corrected chi connectivity index (χ4v) is 1.09. The van der Waals surface area contributed by atoms with E-state index in [1.54, 1.807) is 6.92 Å². The van der Waals surface area contributed by atoms with Crippen molar-refractivity contribution in [1.29, 1.82) is 0 Å². The number of rotatable bonds is 6. The molecule has 0 heterocycles. The van der Waals surface area contributed by atoms with Gasteiger partial charge in [0.1, 0.15) is 0 Å². The lowest BCUT2D eigenvalue weighted by molar-refractivity contribution is -0.143. The van der Waals surface area contributed by atoms with Gasteiger partial charge in [0.05, 0.1) is 12.5 Å². The minimum absolute atomic E-state index is 0.128. The first-order chi connectivity index (χ1) is 5.31. The molecule has 0 rings (SSSR count). The molecule has 0 fully saturated rings. The van der Waals surface area contributed by atoms with Crippen LogP contribution in [0, 0.1) is 0 Å². The van der Waals surface area contributed by atoms with Crippen molar-refractivity contribution in [2.24, 2.45) is 0 Å². The molecule has 0 aliphatic heterocycles. The Bertz CT molecular complexity index is 106. The SMILES string of the molecule is CCOC(=O)CCCSCO. The third-order valence-electron chi connectivity index (χ3n) is 1.07. The maximum atomic E-state index is 10.7. The number of thioether (sulfide) groups is 1. The van der Waals surface area contributed by atoms with Crippen LogP contribution in [-0.4, -0.2) is 29.4 Å². The number of hydrogen-bond donors (Lipinski definition) is 1. The van der Waals surface area contributed by atoms with E-state index < -0.39 is 0 Å². The van der Waals surface area contributed by atoms with Gasteiger partial charge >= 0.3 is 5.97 Å². The zero-order chi connectivity index (χ0) is 8.53. The quantitative estimate of drug-likeness (QED) is 0.374. The molecule has 0 radical (unpaired) electrons. The molecule has 0 spiro atoms. The van der Waals surface area contributed by atoms with Crippen LogP contribution in [0.3, 0.4) is 0 Å². The van der Waals surface area contributed by atoms with Crippen molar-refractivity contribution in [1.82, 2.24) is 0 Å². The van der Waals surface area contributed by atoms with E-state index >= 15 is 0 Å². The van der Waals surface area contributed by atoms with Gasteiger partial charge in [-0.15, -0.1) is 11.8 Å². The minimum Gasteiger partial charge on any atom is -0.466 e. The van der Waals surface area contributed by atoms with Crippen molar-refractivity contribution in [3.8, 4) is 0 Å². The van der Waals surface area contributed by atoms with Gasteiger partial charge in [-0.25, -0.2) is 0 Å². The molecule has 3 nitrogen and oxygen atoms in total. The van der Waals surface area contributed by atoms with Crippen molar-refractivity contribution >= 4 is 17.7 Å². The van der Waals surface area contributed by atoms with Crippen molar-refractivity contribution in [2.45, 2.75) is 19.8 Å². The Morgan fingerprint density at radius 3 is 2.91 bits per heavy atom. The van der Waals surface area contributed by atoms with E-state index in [0.717, 1.165) is 12.2 Å². The van der Waals surface area contributed by atoms with E-state index in [1.165, 1.54) is 11.8 Å². The summed E-state index contributed by atoms with van der Waals surface area (Å²) in [4.78, 5) is 10.7. The second-order valence-electron chi connectivity index (χ2n) is 1.95. The summed E-state index contributed by atoms with van der Waals surface area (Å²) in [7, 11) is 0. The standard InChI is InChI=1S/C7H14O3S/c1-2-10-7(9)4-3-5-11-6-8/h8H,2-6H2,1H3. The Morgan fingerprint density at radius 1 is 1.64 bits per heavy atom. The van der Waals surface area contributed by atoms with Gasteiger partial charge in [-0.1, -0.05) is 0 Å². The second-order valence-corrected chi connectivity index (χ2v) is 3.02. The average molecular weight is 178 g/mol. The Kier molecular flexibility index (Phi) is 7.72. The van der Waals surface area contributed by atoms with Crippen molar-refractivity contribution in [2.75, 3.05) is 18.3 Å². The van der Waals surface area contributed by atoms with Crippen LogP contribution in [0.2, 0.25) is 0 Å². The zero-order valence-corrected chi connectivity index (χ0v) is 7.52. The lowest BCUT2D eigenvalue weighted by Crippen LogP contribution is -2.03. The topological polar surface area (TPSA) is 46.5 Å². The highest BCUT2D eigenvalue weighted by molar-refractivity contribution is 7.99. The summed E-state index contributed by atoms with van der Waals surface area (Å²) in [5, 5.41) is 8.38. The molecule has 0 aliphatic carbocycles. The fraction of sp³-hybridized carbons (Fsp3) is 0.857. The number of carbonyl (C=O) groups is 1. The predicted molar refractivity (Wildman–Crippen MR) is 45.4 cm³/mol. The first-order valence-corrected chi connectivity index (χ1v) is 4.81. The summed E-state index contributed by atoms with van der Waals surface area (Å²) >= 11 is 1.42. The molecule has 0 aromatic heterocycles. The third kappa shape index (κ3) is 7.68. The highest BCUT2D eigenvalue weighted by Gasteiger charge is 1.99. The molecule has 4 heteroatoms. The number of hydrogen-bond acceptors (Lipinski definition) is 4. The first-order valence-electron chi connectivity index (χ1n) is 3.65. The van der Waals surface area contributed by atoms with Crippen LogP contribution in [-0.2, 0) is 9.53 Å². The molecule has 0 saturated carbocycles. The van der Waals surface area contributed by atoms with Gasteiger partial charge < -0.3 is 9.84 Å². The van der Waals surface area contributed by atoms with E-state index in [2.05, 4.69) is 0 Å². The summed E-state index contributed by atoms with van der Waals surface area (Å²) in [6.45, 7) is 2.24. The Morgan fingerprint density at radius 2 is 2.36 bits per heavy atom. The van der Waals surface area contributed by atoms with Gasteiger partial charge in [0.2, 0.25) is 0 Å². The Labute approximate surface area is 71.1 Å². The zero-order valence-electron chi connectivity index (χ0n) is 6.71. The Balaban J connectivity index is 3.04. The van der Waals surface area contributed by atoms with Crippen LogP contribution in [0.5, 0.6) is 0 Å². The van der Waals surface area contributed by atoms with Crippen LogP contribution in [0.15, 0.2) is 0 Å². The molecule has 0 unspecified atom stereocenters. The largest absolute Gasteiger partial charge is 0.466 e. The highest BCUT2D eigenvalue weighted by Crippen LogP contribution is 2.02. The molecule has 0 aromatic rings. The second kappa shape index (κ2) is 7.88. The monoisotopic (exact) mass is 178 g/mol. The molecule has 0 atom stereocenters. The van der Waals surface area contributed by atoms with E-state index in [9.17, 15) is 4.79 Å². The predicted octanol–water partition coefficient (Wildman–Crippen LogP) is 1.01. The van der Waals surface area contributed by atoms with Gasteiger partial charge in [0, 0.05) is 6.42 Å². The van der Waals surface area contributed by atoms with Gasteiger partial charge in [0.15, 0.2) is 0 Å². The van der Waals surface area contributed by atoms with E-state index in [-0.39, 0.29) is 11.9 Å². The van der Waals surface area contributed by atoms with Crippen molar-refractivity contribution in [3.05, 3.63) is 0 Å². The van der Waals surface area contributed by atoms with Crippen LogP contribution in [0.1, 0.15) is 19.8 Å². The smallest absolute Gasteiger partial charge is 0.305 e. The van der Waals surface area contributed by atoms with Crippen LogP contribution in [0.25, 0.3) is 0 Å². The number of carbonyl (C=O) groups excluding carboxylic acids is 1. The van der Waals surface area contributed by atoms with Gasteiger partial charge in [-0.3, -0.25) is 4.79 Å². The van der Waals surface area contributed by atoms with Crippen LogP contribution >= 0.6 is 11.8 Å². The van der Waals surface area contributed by atoms with Crippen LogP contribution in [0.4, 0.5) is 0 Å². The molecule has 0 aliphatic rings. The highest BCUT2D eigenvalue weighted by atomic mass is 32.2. The van der Waals surface area contributed by atoms with Crippen LogP contribution < -0.4 is 0 Å². The molecule has 11 heavy (non-hydrogen) atoms. The van der Waals surface area contributed by atoms with Gasteiger partial charge in [-0.05, 0) is 19.1 Å². The number of aliphatic hydroxyl groups is 1. The Hall–Kier alpha value is -0.220. The van der Waals surface area contributed by atoms with Gasteiger partial charge in [-0.2, -0.15) is 0 Å². The van der Waals surface area contributed by atoms with E-state index in [1.807, 2.05) is 0 Å². The minimum atomic E-state index is -0.147. The molecule has 0 saturated heterocycles. The number of ether oxygens (including phenoxy) is 1. The average Bonchev–Trinajstić information content (AvgIpc) is 1.99. The fourth-order valence-electron chi connectivity index (χ4n) is 0.616. The number of aliphatic hydroxyl groups excluding tert-OH is 1. The molecular formula is C7H14O3S. The number of esters is 1. The molecule has 0 amide bonds. The summed E-state index contributed by atoms with van der Waals surface area (Å²) in [6.07, 6.45) is 1.24. The molecular weight excluding hydrogens is 164 g/mol. The molecule has 0 bridgehead atoms. The summed E-state index contributed by atoms with van der Waals surface area (Å²) < 4.78 is 4.71. The van der Waals surface area contributed by atoms with Crippen molar-refractivity contribution in [3.63, 3.8) is 0 Å². The summed E-state index contributed by atoms with van der Waals surface area (Å²) in [6, 6.07) is 0. The maximum absolute atomic E-state index is 10.7. The van der Waals surface area contributed by atoms with E-state index in [4.69, 9.17) is 9.84 Å². The molecule has 1 N–H and O–H groups in total. The molecule has 0 aromatic carbocycles. The lowest BCUT2D eigenvalue weighted by Gasteiger charge is -1.99. The normalized spacial score (nSPS) is 9.64. The lowest BCUT2D eigenvalue weighted by atomic mass is 10.3. The maximum Gasteiger partial charge on any atom is 0.305 e. The summed E-state index contributed by atoms with van der Waals surface area (Å²) in [5.74, 6) is 0.795. The molecule has 66 valence electrons. The van der Waals surface area contributed by atoms with Gasteiger partial charge in [0.25, 0.3) is 0 Å². The summed E-state index contributed by atoms with van der Waals surface area (Å²) in [5.41, 5.74) is 0. The first kappa shape index (κ1) is 10.8. The third-order valence-corrected chi connectivity index (χ3v) is 1.83. The van der Waals surface area contributed by atoms with Crippen molar-refractivity contribution < 1.29 is 14.6 Å². The van der Waals surface area contributed by atoms with E-state index in [0.29, 0.717) is 13.0 Å².